The Morgan fingerprint density at radius 1 is 0.724 bits per heavy atom. The van der Waals surface area contributed by atoms with Crippen LogP contribution in [0.25, 0.3) is 33.2 Å². The molecule has 0 saturated carbocycles. The molecule has 0 saturated heterocycles. The zero-order chi connectivity index (χ0) is 20.0. The largest absolute Gasteiger partial charge is 0.456 e. The minimum absolute atomic E-state index is 0.920. The van der Waals surface area contributed by atoms with E-state index < -0.39 is 8.07 Å². The van der Waals surface area contributed by atoms with Crippen LogP contribution in [0.4, 0.5) is 0 Å². The van der Waals surface area contributed by atoms with Gasteiger partial charge in [-0.15, -0.1) is 0 Å². The Hall–Kier alpha value is -3.17. The van der Waals surface area contributed by atoms with Crippen LogP contribution in [0.1, 0.15) is 5.56 Å². The van der Waals surface area contributed by atoms with Gasteiger partial charge in [-0.2, -0.15) is 0 Å². The van der Waals surface area contributed by atoms with Crippen molar-refractivity contribution in [1.29, 1.82) is 0 Å². The number of hydrogen-bond donors (Lipinski definition) is 0. The SMILES string of the molecule is Cc1ccc2c(c1)oc1ccc(-c3ccc([Si](C)(C)c4ccccc4)cn3)cc12. The average molecular weight is 394 g/mol. The predicted octanol–water partition coefficient (Wildman–Crippen LogP) is 5.78. The van der Waals surface area contributed by atoms with Gasteiger partial charge in [0.25, 0.3) is 0 Å². The van der Waals surface area contributed by atoms with Crippen LogP contribution in [-0.4, -0.2) is 13.1 Å². The molecular weight excluding hydrogens is 370 g/mol. The molecule has 0 fully saturated rings. The molecule has 5 aromatic rings. The maximum atomic E-state index is 6.02. The number of aromatic nitrogens is 1. The van der Waals surface area contributed by atoms with Crippen molar-refractivity contribution in [2.75, 3.05) is 0 Å². The lowest BCUT2D eigenvalue weighted by Crippen LogP contribution is -2.52. The summed E-state index contributed by atoms with van der Waals surface area (Å²) >= 11 is 0. The molecule has 3 heteroatoms. The van der Waals surface area contributed by atoms with Crippen molar-refractivity contribution in [1.82, 2.24) is 4.98 Å². The Labute approximate surface area is 171 Å². The molecule has 5 rings (SSSR count). The van der Waals surface area contributed by atoms with Crippen LogP contribution in [0, 0.1) is 6.92 Å². The highest BCUT2D eigenvalue weighted by atomic mass is 28.3. The van der Waals surface area contributed by atoms with Crippen molar-refractivity contribution in [2.24, 2.45) is 0 Å². The van der Waals surface area contributed by atoms with Crippen LogP contribution in [0.3, 0.4) is 0 Å². The molecule has 0 unspecified atom stereocenters. The Morgan fingerprint density at radius 3 is 2.31 bits per heavy atom. The highest BCUT2D eigenvalue weighted by molar-refractivity contribution is 7.00. The van der Waals surface area contributed by atoms with E-state index in [1.54, 1.807) is 0 Å². The fourth-order valence-electron chi connectivity index (χ4n) is 4.00. The zero-order valence-corrected chi connectivity index (χ0v) is 17.9. The first-order chi connectivity index (χ1) is 14.0. The quantitative estimate of drug-likeness (QED) is 0.363. The first kappa shape index (κ1) is 17.9. The number of aryl methyl sites for hydroxylation is 1. The maximum absolute atomic E-state index is 6.02. The standard InChI is InChI=1S/C26H23NOSi/c1-18-9-12-22-23-16-19(10-14-25(23)28-26(22)15-18)24-13-11-21(17-27-24)29(2,3)20-7-5-4-6-8-20/h4-17H,1-3H3. The van der Waals surface area contributed by atoms with Crippen LogP contribution in [-0.2, 0) is 0 Å². The second kappa shape index (κ2) is 6.71. The van der Waals surface area contributed by atoms with Crippen molar-refractivity contribution < 1.29 is 4.42 Å². The van der Waals surface area contributed by atoms with E-state index in [0.717, 1.165) is 33.2 Å². The minimum Gasteiger partial charge on any atom is -0.456 e. The van der Waals surface area contributed by atoms with Gasteiger partial charge in [0, 0.05) is 22.5 Å². The topological polar surface area (TPSA) is 26.0 Å². The molecule has 0 amide bonds. The van der Waals surface area contributed by atoms with Gasteiger partial charge >= 0.3 is 0 Å². The molecule has 0 aliphatic carbocycles. The normalized spacial score (nSPS) is 12.0. The summed E-state index contributed by atoms with van der Waals surface area (Å²) in [6.07, 6.45) is 2.07. The summed E-state index contributed by atoms with van der Waals surface area (Å²) in [5, 5.41) is 5.07. The Morgan fingerprint density at radius 2 is 1.55 bits per heavy atom. The molecule has 0 aliphatic rings. The van der Waals surface area contributed by atoms with Crippen molar-refractivity contribution in [3.63, 3.8) is 0 Å². The fraction of sp³-hybridized carbons (Fsp3) is 0.115. The fourth-order valence-corrected chi connectivity index (χ4v) is 6.25. The van der Waals surface area contributed by atoms with Crippen molar-refractivity contribution in [3.05, 3.63) is 90.6 Å². The monoisotopic (exact) mass is 393 g/mol. The molecule has 3 aromatic carbocycles. The number of pyridine rings is 1. The van der Waals surface area contributed by atoms with Gasteiger partial charge in [-0.1, -0.05) is 66.8 Å². The third kappa shape index (κ3) is 3.08. The van der Waals surface area contributed by atoms with Crippen LogP contribution >= 0.6 is 0 Å². The highest BCUT2D eigenvalue weighted by Gasteiger charge is 2.26. The van der Waals surface area contributed by atoms with E-state index in [0.29, 0.717) is 0 Å². The smallest absolute Gasteiger partial charge is 0.135 e. The summed E-state index contributed by atoms with van der Waals surface area (Å²) in [4.78, 5) is 4.83. The molecule has 0 N–H and O–H groups in total. The maximum Gasteiger partial charge on any atom is 0.135 e. The van der Waals surface area contributed by atoms with Gasteiger partial charge in [0.1, 0.15) is 19.2 Å². The third-order valence-electron chi connectivity index (χ3n) is 5.90. The average Bonchev–Trinajstić information content (AvgIpc) is 3.11. The van der Waals surface area contributed by atoms with Gasteiger partial charge in [0.2, 0.25) is 0 Å². The molecule has 2 heterocycles. The number of fused-ring (bicyclic) bond motifs is 3. The number of benzene rings is 3. The van der Waals surface area contributed by atoms with Crippen LogP contribution < -0.4 is 10.4 Å². The summed E-state index contributed by atoms with van der Waals surface area (Å²) < 4.78 is 6.02. The van der Waals surface area contributed by atoms with E-state index >= 15 is 0 Å². The second-order valence-corrected chi connectivity index (χ2v) is 12.6. The van der Waals surface area contributed by atoms with Crippen molar-refractivity contribution >= 4 is 40.4 Å². The molecule has 0 bridgehead atoms. The van der Waals surface area contributed by atoms with Gasteiger partial charge in [-0.05, 0) is 48.0 Å². The van der Waals surface area contributed by atoms with Crippen LogP contribution in [0.5, 0.6) is 0 Å². The first-order valence-corrected chi connectivity index (χ1v) is 13.0. The Bertz CT molecular complexity index is 1320. The van der Waals surface area contributed by atoms with E-state index in [-0.39, 0.29) is 0 Å². The Balaban J connectivity index is 1.54. The number of rotatable bonds is 3. The van der Waals surface area contributed by atoms with E-state index in [1.807, 2.05) is 0 Å². The Kier molecular flexibility index (Phi) is 4.14. The van der Waals surface area contributed by atoms with Gasteiger partial charge in [0.05, 0.1) is 5.69 Å². The lowest BCUT2D eigenvalue weighted by molar-refractivity contribution is 0.668. The molecule has 142 valence electrons. The molecule has 0 radical (unpaired) electrons. The molecule has 2 aromatic heterocycles. The number of nitrogens with zero attached hydrogens (tertiary/aromatic N) is 1. The lowest BCUT2D eigenvalue weighted by atomic mass is 10.1. The molecule has 0 aliphatic heterocycles. The van der Waals surface area contributed by atoms with E-state index in [4.69, 9.17) is 9.40 Å². The second-order valence-electron chi connectivity index (χ2n) is 8.24. The van der Waals surface area contributed by atoms with Crippen LogP contribution in [0.15, 0.2) is 89.5 Å². The highest BCUT2D eigenvalue weighted by Crippen LogP contribution is 2.32. The molecule has 0 spiro atoms. The van der Waals surface area contributed by atoms with Gasteiger partial charge in [-0.25, -0.2) is 0 Å². The minimum atomic E-state index is -1.73. The summed E-state index contributed by atoms with van der Waals surface area (Å²) in [6, 6.07) is 27.9. The lowest BCUT2D eigenvalue weighted by Gasteiger charge is -2.23. The van der Waals surface area contributed by atoms with E-state index in [9.17, 15) is 0 Å². The summed E-state index contributed by atoms with van der Waals surface area (Å²) in [6.45, 7) is 6.85. The molecular formula is C26H23NOSi. The van der Waals surface area contributed by atoms with Crippen molar-refractivity contribution in [2.45, 2.75) is 20.0 Å². The van der Waals surface area contributed by atoms with E-state index in [1.165, 1.54) is 15.9 Å². The van der Waals surface area contributed by atoms with Gasteiger partial charge in [-0.3, -0.25) is 4.98 Å². The number of hydrogen-bond acceptors (Lipinski definition) is 2. The predicted molar refractivity (Wildman–Crippen MR) is 125 cm³/mol. The zero-order valence-electron chi connectivity index (χ0n) is 16.9. The summed E-state index contributed by atoms with van der Waals surface area (Å²) in [7, 11) is -1.73. The summed E-state index contributed by atoms with van der Waals surface area (Å²) in [5.41, 5.74) is 5.18. The first-order valence-electron chi connectivity index (χ1n) is 9.98. The van der Waals surface area contributed by atoms with Crippen molar-refractivity contribution in [3.8, 4) is 11.3 Å². The third-order valence-corrected chi connectivity index (χ3v) is 9.42. The number of furan rings is 1. The van der Waals surface area contributed by atoms with E-state index in [2.05, 4.69) is 105 Å². The molecule has 29 heavy (non-hydrogen) atoms. The van der Waals surface area contributed by atoms with Crippen LogP contribution in [0.2, 0.25) is 13.1 Å². The van der Waals surface area contributed by atoms with Gasteiger partial charge < -0.3 is 4.42 Å². The summed E-state index contributed by atoms with van der Waals surface area (Å²) in [5.74, 6) is 0. The molecule has 2 nitrogen and oxygen atoms in total. The molecule has 0 atom stereocenters. The van der Waals surface area contributed by atoms with Gasteiger partial charge in [0.15, 0.2) is 0 Å².